The molecule has 5 aromatic rings. The summed E-state index contributed by atoms with van der Waals surface area (Å²) in [6, 6.07) is 9.41. The van der Waals surface area contributed by atoms with Crippen LogP contribution >= 0.6 is 0 Å². The maximum atomic E-state index is 14.0. The van der Waals surface area contributed by atoms with Crippen LogP contribution in [0.2, 0.25) is 0 Å². The average molecular weight is 410 g/mol. The summed E-state index contributed by atoms with van der Waals surface area (Å²) in [6.45, 7) is 3.66. The van der Waals surface area contributed by atoms with Gasteiger partial charge in [0.25, 0.3) is 0 Å². The molecule has 1 aromatic carbocycles. The average Bonchev–Trinajstić information content (AvgIpc) is 3.17. The van der Waals surface area contributed by atoms with E-state index in [-0.39, 0.29) is 5.82 Å². The van der Waals surface area contributed by atoms with Gasteiger partial charge in [-0.3, -0.25) is 9.97 Å². The molecule has 0 radical (unpaired) electrons. The fourth-order valence-corrected chi connectivity index (χ4v) is 4.26. The number of benzene rings is 1. The first-order chi connectivity index (χ1) is 15.2. The van der Waals surface area contributed by atoms with Crippen molar-refractivity contribution in [3.05, 3.63) is 84.5 Å². The highest BCUT2D eigenvalue weighted by Crippen LogP contribution is 2.34. The van der Waals surface area contributed by atoms with Crippen molar-refractivity contribution in [2.75, 3.05) is 18.0 Å². The molecule has 0 unspecified atom stereocenters. The van der Waals surface area contributed by atoms with Crippen LogP contribution in [0.25, 0.3) is 27.7 Å². The topological polar surface area (TPSA) is 59.2 Å². The van der Waals surface area contributed by atoms with Crippen LogP contribution < -0.4 is 4.90 Å². The van der Waals surface area contributed by atoms with Gasteiger partial charge in [-0.25, -0.2) is 13.9 Å². The number of halogens is 1. The molecule has 1 fully saturated rings. The molecule has 4 aromatic heterocycles. The molecule has 0 spiro atoms. The Labute approximate surface area is 178 Å². The lowest BCUT2D eigenvalue weighted by Gasteiger charge is -2.41. The number of nitrogens with zero attached hydrogens (tertiary/aromatic N) is 6. The van der Waals surface area contributed by atoms with E-state index < -0.39 is 0 Å². The molecule has 31 heavy (non-hydrogen) atoms. The molecule has 1 saturated heterocycles. The Morgan fingerprint density at radius 2 is 1.81 bits per heavy atom. The van der Waals surface area contributed by atoms with Crippen LogP contribution in [0.3, 0.4) is 0 Å². The molecule has 6 nitrogen and oxygen atoms in total. The lowest BCUT2D eigenvalue weighted by atomic mass is 9.92. The number of hydrogen-bond donors (Lipinski definition) is 0. The molecule has 0 saturated carbocycles. The summed E-state index contributed by atoms with van der Waals surface area (Å²) in [5.41, 5.74) is 6.20. The van der Waals surface area contributed by atoms with Gasteiger partial charge in [0.1, 0.15) is 5.82 Å². The van der Waals surface area contributed by atoms with Gasteiger partial charge in [-0.05, 0) is 47.9 Å². The van der Waals surface area contributed by atoms with E-state index >= 15 is 0 Å². The molecule has 7 heteroatoms. The molecule has 152 valence electrons. The van der Waals surface area contributed by atoms with Crippen molar-refractivity contribution in [1.29, 1.82) is 0 Å². The van der Waals surface area contributed by atoms with Crippen LogP contribution in [-0.2, 0) is 0 Å². The zero-order chi connectivity index (χ0) is 20.9. The van der Waals surface area contributed by atoms with Crippen molar-refractivity contribution in [3.8, 4) is 11.1 Å². The summed E-state index contributed by atoms with van der Waals surface area (Å²) < 4.78 is 15.8. The van der Waals surface area contributed by atoms with E-state index in [4.69, 9.17) is 4.98 Å². The molecule has 0 amide bonds. The molecule has 1 aliphatic rings. The third kappa shape index (κ3) is 2.92. The standard InChI is InChI=1S/C24H19FN6/c1-15-8-20-19(4-7-27-23(20)9-22(15)25)21-11-29-31-14-18(10-28-24(21)31)30-12-17(13-30)16-2-5-26-6-3-16/h2-11,14,17H,12-13H2,1H3. The SMILES string of the molecule is Cc1cc2c(-c3cnn4cc(N5CC(c6ccncc6)C5)cnc34)ccnc2cc1F. The Kier molecular flexibility index (Phi) is 3.96. The minimum absolute atomic E-state index is 0.251. The van der Waals surface area contributed by atoms with Gasteiger partial charge < -0.3 is 4.90 Å². The van der Waals surface area contributed by atoms with Gasteiger partial charge in [-0.15, -0.1) is 0 Å². The number of aryl methyl sites for hydroxylation is 1. The summed E-state index contributed by atoms with van der Waals surface area (Å²) >= 11 is 0. The second-order valence-corrected chi connectivity index (χ2v) is 8.00. The van der Waals surface area contributed by atoms with Gasteiger partial charge in [-0.2, -0.15) is 5.10 Å². The quantitative estimate of drug-likeness (QED) is 0.442. The molecule has 0 atom stereocenters. The Morgan fingerprint density at radius 3 is 2.65 bits per heavy atom. The van der Waals surface area contributed by atoms with Crippen LogP contribution in [0.15, 0.2) is 67.5 Å². The van der Waals surface area contributed by atoms with Crippen LogP contribution in [0, 0.1) is 12.7 Å². The highest BCUT2D eigenvalue weighted by atomic mass is 19.1. The van der Waals surface area contributed by atoms with Crippen molar-refractivity contribution >= 4 is 22.2 Å². The van der Waals surface area contributed by atoms with E-state index in [1.54, 1.807) is 13.1 Å². The third-order valence-electron chi connectivity index (χ3n) is 6.08. The number of rotatable bonds is 3. The number of hydrogen-bond acceptors (Lipinski definition) is 5. The molecule has 5 heterocycles. The van der Waals surface area contributed by atoms with Gasteiger partial charge in [0, 0.05) is 54.6 Å². The Hall–Kier alpha value is -3.87. The van der Waals surface area contributed by atoms with E-state index in [0.717, 1.165) is 40.9 Å². The second-order valence-electron chi connectivity index (χ2n) is 8.00. The van der Waals surface area contributed by atoms with E-state index in [1.165, 1.54) is 11.6 Å². The largest absolute Gasteiger partial charge is 0.368 e. The normalized spacial score (nSPS) is 14.3. The monoisotopic (exact) mass is 410 g/mol. The number of pyridine rings is 2. The molecule has 1 aliphatic heterocycles. The Morgan fingerprint density at radius 1 is 0.968 bits per heavy atom. The predicted octanol–water partition coefficient (Wildman–Crippen LogP) is 4.39. The van der Waals surface area contributed by atoms with Gasteiger partial charge in [0.05, 0.1) is 29.8 Å². The van der Waals surface area contributed by atoms with Crippen molar-refractivity contribution in [2.45, 2.75) is 12.8 Å². The minimum atomic E-state index is -0.251. The van der Waals surface area contributed by atoms with Crippen molar-refractivity contribution in [3.63, 3.8) is 0 Å². The van der Waals surface area contributed by atoms with Crippen LogP contribution in [0.4, 0.5) is 10.1 Å². The lowest BCUT2D eigenvalue weighted by Crippen LogP contribution is -2.45. The highest BCUT2D eigenvalue weighted by Gasteiger charge is 2.29. The smallest absolute Gasteiger partial charge is 0.162 e. The fraction of sp³-hybridized carbons (Fsp3) is 0.167. The van der Waals surface area contributed by atoms with Gasteiger partial charge in [0.15, 0.2) is 5.65 Å². The number of aromatic nitrogens is 5. The summed E-state index contributed by atoms with van der Waals surface area (Å²) in [4.78, 5) is 15.4. The highest BCUT2D eigenvalue weighted by molar-refractivity contribution is 5.98. The van der Waals surface area contributed by atoms with Gasteiger partial charge in [0.2, 0.25) is 0 Å². The van der Waals surface area contributed by atoms with Crippen LogP contribution in [-0.4, -0.2) is 37.7 Å². The first-order valence-electron chi connectivity index (χ1n) is 10.2. The summed E-state index contributed by atoms with van der Waals surface area (Å²) in [5, 5.41) is 5.44. The molecule has 6 rings (SSSR count). The fourth-order valence-electron chi connectivity index (χ4n) is 4.26. The first kappa shape index (κ1) is 17.9. The number of fused-ring (bicyclic) bond motifs is 2. The van der Waals surface area contributed by atoms with E-state index in [2.05, 4.69) is 32.1 Å². The van der Waals surface area contributed by atoms with Crippen molar-refractivity contribution in [1.82, 2.24) is 24.6 Å². The molecule has 0 bridgehead atoms. The van der Waals surface area contributed by atoms with E-state index in [0.29, 0.717) is 17.0 Å². The molecule has 0 aliphatic carbocycles. The maximum Gasteiger partial charge on any atom is 0.162 e. The lowest BCUT2D eigenvalue weighted by molar-refractivity contribution is 0.523. The van der Waals surface area contributed by atoms with Gasteiger partial charge >= 0.3 is 0 Å². The molecular weight excluding hydrogens is 391 g/mol. The molecular formula is C24H19FN6. The van der Waals surface area contributed by atoms with Gasteiger partial charge in [-0.1, -0.05) is 0 Å². The Bertz CT molecular complexity index is 1420. The maximum absolute atomic E-state index is 14.0. The Balaban J connectivity index is 1.34. The van der Waals surface area contributed by atoms with E-state index in [1.807, 2.05) is 47.6 Å². The molecule has 0 N–H and O–H groups in total. The minimum Gasteiger partial charge on any atom is -0.368 e. The zero-order valence-electron chi connectivity index (χ0n) is 16.9. The predicted molar refractivity (Wildman–Crippen MR) is 118 cm³/mol. The number of anilines is 1. The van der Waals surface area contributed by atoms with E-state index in [9.17, 15) is 4.39 Å². The first-order valence-corrected chi connectivity index (χ1v) is 10.2. The second kappa shape index (κ2) is 6.84. The van der Waals surface area contributed by atoms with Crippen molar-refractivity contribution < 1.29 is 4.39 Å². The summed E-state index contributed by atoms with van der Waals surface area (Å²) in [5.74, 6) is 0.262. The summed E-state index contributed by atoms with van der Waals surface area (Å²) in [6.07, 6.45) is 11.1. The zero-order valence-corrected chi connectivity index (χ0v) is 16.9. The van der Waals surface area contributed by atoms with Crippen molar-refractivity contribution in [2.24, 2.45) is 0 Å². The van der Waals surface area contributed by atoms with Crippen LogP contribution in [0.1, 0.15) is 17.0 Å². The third-order valence-corrected chi connectivity index (χ3v) is 6.08. The summed E-state index contributed by atoms with van der Waals surface area (Å²) in [7, 11) is 0. The van der Waals surface area contributed by atoms with Crippen LogP contribution in [0.5, 0.6) is 0 Å².